The molecule has 1 aromatic rings. The Kier molecular flexibility index (Phi) is 6.30. The summed E-state index contributed by atoms with van der Waals surface area (Å²) in [4.78, 5) is 15.9. The van der Waals surface area contributed by atoms with Crippen molar-refractivity contribution in [2.24, 2.45) is 0 Å². The van der Waals surface area contributed by atoms with Crippen LogP contribution < -0.4 is 10.1 Å². The molecule has 1 heterocycles. The Morgan fingerprint density at radius 3 is 2.76 bits per heavy atom. The Bertz CT molecular complexity index is 442. The molecule has 0 saturated heterocycles. The number of aromatic nitrogens is 1. The lowest BCUT2D eigenvalue weighted by atomic mass is 9.93. The first kappa shape index (κ1) is 16.1. The summed E-state index contributed by atoms with van der Waals surface area (Å²) in [7, 11) is 0. The van der Waals surface area contributed by atoms with Gasteiger partial charge in [0.2, 0.25) is 11.8 Å². The van der Waals surface area contributed by atoms with Gasteiger partial charge in [0.1, 0.15) is 6.10 Å². The van der Waals surface area contributed by atoms with Gasteiger partial charge in [0, 0.05) is 24.7 Å². The fourth-order valence-electron chi connectivity index (χ4n) is 2.56. The fourth-order valence-corrected chi connectivity index (χ4v) is 2.68. The van der Waals surface area contributed by atoms with Gasteiger partial charge in [-0.2, -0.15) is 0 Å². The first-order valence-electron chi connectivity index (χ1n) is 7.75. The van der Waals surface area contributed by atoms with Gasteiger partial charge in [-0.05, 0) is 38.2 Å². The molecule has 2 rings (SSSR count). The number of unbranched alkanes of at least 4 members (excludes halogenated alkanes) is 1. The summed E-state index contributed by atoms with van der Waals surface area (Å²) in [5.41, 5.74) is 0. The molecule has 1 N–H and O–H groups in total. The molecule has 0 aliphatic heterocycles. The van der Waals surface area contributed by atoms with Crippen LogP contribution in [-0.4, -0.2) is 23.0 Å². The summed E-state index contributed by atoms with van der Waals surface area (Å²) >= 11 is 5.80. The van der Waals surface area contributed by atoms with E-state index in [1.54, 1.807) is 18.3 Å². The van der Waals surface area contributed by atoms with E-state index >= 15 is 0 Å². The highest BCUT2D eigenvalue weighted by atomic mass is 35.5. The molecule has 116 valence electrons. The number of hydrogen-bond acceptors (Lipinski definition) is 3. The van der Waals surface area contributed by atoms with Gasteiger partial charge in [-0.15, -0.1) is 0 Å². The number of hydrogen-bond donors (Lipinski definition) is 1. The average molecular weight is 311 g/mol. The third-order valence-corrected chi connectivity index (χ3v) is 4.01. The SMILES string of the molecule is CCCCC(=O)NC1CCC(Oc2ccc(Cl)cn2)CC1. The van der Waals surface area contributed by atoms with Crippen LogP contribution in [0.2, 0.25) is 5.02 Å². The Morgan fingerprint density at radius 2 is 2.14 bits per heavy atom. The maximum absolute atomic E-state index is 11.7. The van der Waals surface area contributed by atoms with Crippen LogP contribution in [0.15, 0.2) is 18.3 Å². The molecule has 1 aliphatic carbocycles. The Balaban J connectivity index is 1.70. The number of rotatable bonds is 6. The normalized spacial score (nSPS) is 21.8. The van der Waals surface area contributed by atoms with Crippen molar-refractivity contribution in [2.45, 2.75) is 64.0 Å². The number of ether oxygens (including phenoxy) is 1. The van der Waals surface area contributed by atoms with Gasteiger partial charge >= 0.3 is 0 Å². The van der Waals surface area contributed by atoms with Crippen LogP contribution in [0.1, 0.15) is 51.9 Å². The van der Waals surface area contributed by atoms with Crippen molar-refractivity contribution in [1.29, 1.82) is 0 Å². The minimum Gasteiger partial charge on any atom is -0.474 e. The number of nitrogens with zero attached hydrogens (tertiary/aromatic N) is 1. The molecule has 0 unspecified atom stereocenters. The van der Waals surface area contributed by atoms with Crippen molar-refractivity contribution < 1.29 is 9.53 Å². The summed E-state index contributed by atoms with van der Waals surface area (Å²) in [5, 5.41) is 3.73. The standard InChI is InChI=1S/C16H23ClN2O2/c1-2-3-4-15(20)19-13-6-8-14(9-7-13)21-16-10-5-12(17)11-18-16/h5,10-11,13-14H,2-4,6-9H2,1H3,(H,19,20). The molecule has 1 aromatic heterocycles. The summed E-state index contributed by atoms with van der Waals surface area (Å²) in [6, 6.07) is 3.87. The molecule has 0 atom stereocenters. The first-order valence-corrected chi connectivity index (χ1v) is 8.12. The van der Waals surface area contributed by atoms with E-state index in [-0.39, 0.29) is 12.0 Å². The summed E-state index contributed by atoms with van der Waals surface area (Å²) in [5.74, 6) is 0.801. The number of carbonyl (C=O) groups is 1. The van der Waals surface area contributed by atoms with Crippen molar-refractivity contribution in [2.75, 3.05) is 0 Å². The smallest absolute Gasteiger partial charge is 0.220 e. The van der Waals surface area contributed by atoms with E-state index in [1.165, 1.54) is 0 Å². The van der Waals surface area contributed by atoms with Gasteiger partial charge in [0.05, 0.1) is 5.02 Å². The summed E-state index contributed by atoms with van der Waals surface area (Å²) in [6.45, 7) is 2.10. The minimum atomic E-state index is 0.181. The van der Waals surface area contributed by atoms with Crippen LogP contribution >= 0.6 is 11.6 Å². The highest BCUT2D eigenvalue weighted by Crippen LogP contribution is 2.23. The first-order chi connectivity index (χ1) is 10.2. The second kappa shape index (κ2) is 8.23. The molecule has 4 nitrogen and oxygen atoms in total. The Hall–Kier alpha value is -1.29. The number of amides is 1. The molecule has 1 fully saturated rings. The molecule has 0 spiro atoms. The van der Waals surface area contributed by atoms with Gasteiger partial charge in [-0.1, -0.05) is 24.9 Å². The van der Waals surface area contributed by atoms with E-state index in [0.717, 1.165) is 38.5 Å². The zero-order chi connectivity index (χ0) is 15.1. The predicted octanol–water partition coefficient (Wildman–Crippen LogP) is 3.73. The van der Waals surface area contributed by atoms with E-state index < -0.39 is 0 Å². The number of carbonyl (C=O) groups excluding carboxylic acids is 1. The number of pyridine rings is 1. The van der Waals surface area contributed by atoms with Gasteiger partial charge in [0.15, 0.2) is 0 Å². The van der Waals surface area contributed by atoms with E-state index in [1.807, 2.05) is 0 Å². The van der Waals surface area contributed by atoms with Crippen molar-refractivity contribution >= 4 is 17.5 Å². The largest absolute Gasteiger partial charge is 0.474 e. The molecule has 0 bridgehead atoms. The van der Waals surface area contributed by atoms with E-state index in [0.29, 0.717) is 23.4 Å². The molecular formula is C16H23ClN2O2. The van der Waals surface area contributed by atoms with E-state index in [9.17, 15) is 4.79 Å². The molecule has 1 amide bonds. The van der Waals surface area contributed by atoms with Gasteiger partial charge in [-0.25, -0.2) is 4.98 Å². The number of nitrogens with one attached hydrogen (secondary N) is 1. The molecule has 0 aromatic carbocycles. The molecule has 21 heavy (non-hydrogen) atoms. The van der Waals surface area contributed by atoms with Crippen LogP contribution in [0.25, 0.3) is 0 Å². The predicted molar refractivity (Wildman–Crippen MR) is 83.6 cm³/mol. The van der Waals surface area contributed by atoms with Crippen LogP contribution in [0.5, 0.6) is 5.88 Å². The van der Waals surface area contributed by atoms with Crippen LogP contribution in [0.4, 0.5) is 0 Å². The summed E-state index contributed by atoms with van der Waals surface area (Å²) in [6.07, 6.45) is 8.27. The molecule has 1 saturated carbocycles. The highest BCUT2D eigenvalue weighted by molar-refractivity contribution is 6.30. The maximum Gasteiger partial charge on any atom is 0.220 e. The van der Waals surface area contributed by atoms with Crippen LogP contribution in [0.3, 0.4) is 0 Å². The van der Waals surface area contributed by atoms with Crippen LogP contribution in [-0.2, 0) is 4.79 Å². The highest BCUT2D eigenvalue weighted by Gasteiger charge is 2.23. The third-order valence-electron chi connectivity index (χ3n) is 3.78. The van der Waals surface area contributed by atoms with Gasteiger partial charge in [0.25, 0.3) is 0 Å². The summed E-state index contributed by atoms with van der Waals surface area (Å²) < 4.78 is 5.85. The zero-order valence-electron chi connectivity index (χ0n) is 12.5. The van der Waals surface area contributed by atoms with E-state index in [4.69, 9.17) is 16.3 Å². The molecule has 5 heteroatoms. The molecule has 1 aliphatic rings. The molecular weight excluding hydrogens is 288 g/mol. The lowest BCUT2D eigenvalue weighted by Crippen LogP contribution is -2.39. The average Bonchev–Trinajstić information content (AvgIpc) is 2.49. The lowest BCUT2D eigenvalue weighted by molar-refractivity contribution is -0.122. The minimum absolute atomic E-state index is 0.181. The molecule has 0 radical (unpaired) electrons. The Morgan fingerprint density at radius 1 is 1.38 bits per heavy atom. The monoisotopic (exact) mass is 310 g/mol. The van der Waals surface area contributed by atoms with Crippen LogP contribution in [0, 0.1) is 0 Å². The quantitative estimate of drug-likeness (QED) is 0.871. The van der Waals surface area contributed by atoms with Gasteiger partial charge < -0.3 is 10.1 Å². The lowest BCUT2D eigenvalue weighted by Gasteiger charge is -2.29. The van der Waals surface area contributed by atoms with Crippen molar-refractivity contribution in [3.05, 3.63) is 23.4 Å². The topological polar surface area (TPSA) is 51.2 Å². The van der Waals surface area contributed by atoms with Crippen molar-refractivity contribution in [3.63, 3.8) is 0 Å². The van der Waals surface area contributed by atoms with Crippen molar-refractivity contribution in [1.82, 2.24) is 10.3 Å². The van der Waals surface area contributed by atoms with Crippen molar-refractivity contribution in [3.8, 4) is 5.88 Å². The van der Waals surface area contributed by atoms with Gasteiger partial charge in [-0.3, -0.25) is 4.79 Å². The fraction of sp³-hybridized carbons (Fsp3) is 0.625. The van der Waals surface area contributed by atoms with E-state index in [2.05, 4.69) is 17.2 Å². The maximum atomic E-state index is 11.7. The second-order valence-electron chi connectivity index (χ2n) is 5.58. The Labute approximate surface area is 131 Å². The number of halogens is 1. The third kappa shape index (κ3) is 5.54. The second-order valence-corrected chi connectivity index (χ2v) is 6.01. The zero-order valence-corrected chi connectivity index (χ0v) is 13.2.